The molecule has 3 aromatic carbocycles. The summed E-state index contributed by atoms with van der Waals surface area (Å²) in [5.41, 5.74) is 4.87. The Balaban J connectivity index is 1.42. The smallest absolute Gasteiger partial charge is 0.407 e. The van der Waals surface area contributed by atoms with Crippen molar-refractivity contribution in [1.29, 1.82) is 0 Å². The Morgan fingerprint density at radius 1 is 0.829 bits per heavy atom. The predicted octanol–water partition coefficient (Wildman–Crippen LogP) is 4.49. The summed E-state index contributed by atoms with van der Waals surface area (Å²) in [5.74, 6) is -2.17. The zero-order chi connectivity index (χ0) is 24.9. The third-order valence-electron chi connectivity index (χ3n) is 6.23. The van der Waals surface area contributed by atoms with E-state index in [1.807, 2.05) is 36.4 Å². The van der Waals surface area contributed by atoms with Crippen LogP contribution < -0.4 is 10.6 Å². The van der Waals surface area contributed by atoms with E-state index in [9.17, 15) is 19.5 Å². The van der Waals surface area contributed by atoms with Gasteiger partial charge in [-0.1, -0.05) is 92.7 Å². The molecule has 7 heteroatoms. The van der Waals surface area contributed by atoms with Crippen LogP contribution in [0.3, 0.4) is 0 Å². The van der Waals surface area contributed by atoms with E-state index in [0.29, 0.717) is 5.56 Å². The molecular formula is C28H28N2O5. The largest absolute Gasteiger partial charge is 0.479 e. The second-order valence-electron chi connectivity index (χ2n) is 8.88. The molecule has 1 aliphatic rings. The lowest BCUT2D eigenvalue weighted by atomic mass is 9.98. The van der Waals surface area contributed by atoms with E-state index >= 15 is 0 Å². The van der Waals surface area contributed by atoms with Gasteiger partial charge in [0.1, 0.15) is 12.6 Å². The highest BCUT2D eigenvalue weighted by Crippen LogP contribution is 2.44. The van der Waals surface area contributed by atoms with Gasteiger partial charge in [-0.2, -0.15) is 0 Å². The van der Waals surface area contributed by atoms with Crippen molar-refractivity contribution in [1.82, 2.24) is 10.6 Å². The van der Waals surface area contributed by atoms with Crippen molar-refractivity contribution < 1.29 is 24.2 Å². The average molecular weight is 473 g/mol. The molecule has 0 radical (unpaired) electrons. The van der Waals surface area contributed by atoms with Crippen LogP contribution in [0.15, 0.2) is 78.9 Å². The van der Waals surface area contributed by atoms with Gasteiger partial charge in [0, 0.05) is 5.92 Å². The third-order valence-corrected chi connectivity index (χ3v) is 6.23. The highest BCUT2D eigenvalue weighted by atomic mass is 16.5. The summed E-state index contributed by atoms with van der Waals surface area (Å²) >= 11 is 0. The molecule has 2 amide bonds. The topological polar surface area (TPSA) is 105 Å². The molecule has 2 atom stereocenters. The average Bonchev–Trinajstić information content (AvgIpc) is 3.18. The molecule has 1 aliphatic carbocycles. The van der Waals surface area contributed by atoms with E-state index in [1.165, 1.54) is 0 Å². The molecule has 0 saturated carbocycles. The molecule has 0 fully saturated rings. The van der Waals surface area contributed by atoms with Crippen LogP contribution in [-0.2, 0) is 14.3 Å². The van der Waals surface area contributed by atoms with Crippen molar-refractivity contribution in [2.45, 2.75) is 31.8 Å². The minimum Gasteiger partial charge on any atom is -0.479 e. The van der Waals surface area contributed by atoms with Crippen LogP contribution in [0.2, 0.25) is 0 Å². The highest BCUT2D eigenvalue weighted by molar-refractivity contribution is 5.90. The number of carbonyl (C=O) groups excluding carboxylic acids is 2. The van der Waals surface area contributed by atoms with Gasteiger partial charge < -0.3 is 20.5 Å². The van der Waals surface area contributed by atoms with Crippen molar-refractivity contribution in [3.8, 4) is 11.1 Å². The number of carbonyl (C=O) groups is 3. The molecule has 0 heterocycles. The lowest BCUT2D eigenvalue weighted by Crippen LogP contribution is -2.51. The van der Waals surface area contributed by atoms with Crippen molar-refractivity contribution in [3.63, 3.8) is 0 Å². The monoisotopic (exact) mass is 472 g/mol. The quantitative estimate of drug-likeness (QED) is 0.448. The number of aliphatic carboxylic acids is 1. The first kappa shape index (κ1) is 24.0. The number of nitrogens with one attached hydrogen (secondary N) is 2. The SMILES string of the molecule is CC(C)[C@@H](NC(=O)OCC1c2ccccc2-c2ccccc21)C(=O)N[C@H](C(=O)O)c1ccccc1. The molecule has 0 saturated heterocycles. The number of alkyl carbamates (subject to hydrolysis) is 1. The minimum atomic E-state index is -1.23. The Bertz CT molecular complexity index is 1180. The molecule has 0 spiro atoms. The summed E-state index contributed by atoms with van der Waals surface area (Å²) in [7, 11) is 0. The van der Waals surface area contributed by atoms with Crippen LogP contribution in [-0.4, -0.2) is 35.7 Å². The number of rotatable bonds is 8. The number of amides is 2. The molecular weight excluding hydrogens is 444 g/mol. The standard InChI is InChI=1S/C28H28N2O5/c1-17(2)24(26(31)29-25(27(32)33)18-10-4-3-5-11-18)30-28(34)35-16-23-21-14-8-6-12-19(21)20-13-7-9-15-22(20)23/h3-15,17,23-25H,16H2,1-2H3,(H,29,31)(H,30,34)(H,32,33)/t24-,25+/m1/s1. The molecule has 4 rings (SSSR count). The first-order chi connectivity index (χ1) is 16.9. The number of carboxylic acid groups (broad SMARTS) is 1. The molecule has 7 nitrogen and oxygen atoms in total. The summed E-state index contributed by atoms with van der Waals surface area (Å²) in [4.78, 5) is 37.4. The number of carboxylic acids is 1. The number of hydrogen-bond acceptors (Lipinski definition) is 4. The lowest BCUT2D eigenvalue weighted by Gasteiger charge is -2.24. The van der Waals surface area contributed by atoms with E-state index in [4.69, 9.17) is 4.74 Å². The zero-order valence-corrected chi connectivity index (χ0v) is 19.6. The number of benzene rings is 3. The van der Waals surface area contributed by atoms with Gasteiger partial charge in [0.2, 0.25) is 5.91 Å². The lowest BCUT2D eigenvalue weighted by molar-refractivity contribution is -0.142. The molecule has 0 aromatic heterocycles. The first-order valence-corrected chi connectivity index (χ1v) is 11.6. The zero-order valence-electron chi connectivity index (χ0n) is 19.6. The van der Waals surface area contributed by atoms with Crippen molar-refractivity contribution in [2.24, 2.45) is 5.92 Å². The maximum absolute atomic E-state index is 13.0. The van der Waals surface area contributed by atoms with Gasteiger partial charge in [-0.25, -0.2) is 9.59 Å². The molecule has 3 aromatic rings. The molecule has 3 N–H and O–H groups in total. The predicted molar refractivity (Wildman–Crippen MR) is 132 cm³/mol. The number of ether oxygens (including phenoxy) is 1. The second-order valence-corrected chi connectivity index (χ2v) is 8.88. The first-order valence-electron chi connectivity index (χ1n) is 11.6. The van der Waals surface area contributed by atoms with E-state index in [-0.39, 0.29) is 18.4 Å². The van der Waals surface area contributed by atoms with Crippen molar-refractivity contribution in [3.05, 3.63) is 95.6 Å². The van der Waals surface area contributed by atoms with Gasteiger partial charge >= 0.3 is 12.1 Å². The second kappa shape index (κ2) is 10.4. The fraction of sp³-hybridized carbons (Fsp3) is 0.250. The summed E-state index contributed by atoms with van der Waals surface area (Å²) in [6, 6.07) is 22.3. The van der Waals surface area contributed by atoms with Gasteiger partial charge in [-0.15, -0.1) is 0 Å². The molecule has 0 unspecified atom stereocenters. The van der Waals surface area contributed by atoms with Crippen LogP contribution in [0.1, 0.15) is 42.5 Å². The van der Waals surface area contributed by atoms with Gasteiger partial charge in [0.05, 0.1) is 0 Å². The van der Waals surface area contributed by atoms with E-state index in [1.54, 1.807) is 44.2 Å². The molecule has 180 valence electrons. The normalized spacial score (nSPS) is 13.9. The molecule has 0 aliphatic heterocycles. The van der Waals surface area contributed by atoms with Crippen LogP contribution in [0.5, 0.6) is 0 Å². The number of fused-ring (bicyclic) bond motifs is 3. The molecule has 35 heavy (non-hydrogen) atoms. The minimum absolute atomic E-state index is 0.103. The summed E-state index contributed by atoms with van der Waals surface area (Å²) in [6.45, 7) is 3.66. The Kier molecular flexibility index (Phi) is 7.15. The summed E-state index contributed by atoms with van der Waals surface area (Å²) in [5, 5.41) is 14.8. The van der Waals surface area contributed by atoms with E-state index in [0.717, 1.165) is 22.3 Å². The van der Waals surface area contributed by atoms with Crippen LogP contribution in [0.4, 0.5) is 4.79 Å². The number of hydrogen-bond donors (Lipinski definition) is 3. The molecule has 0 bridgehead atoms. The Hall–Kier alpha value is -4.13. The van der Waals surface area contributed by atoms with E-state index in [2.05, 4.69) is 22.8 Å². The van der Waals surface area contributed by atoms with Crippen LogP contribution in [0.25, 0.3) is 11.1 Å². The highest BCUT2D eigenvalue weighted by Gasteiger charge is 2.32. The van der Waals surface area contributed by atoms with Gasteiger partial charge in [-0.05, 0) is 33.7 Å². The van der Waals surface area contributed by atoms with Crippen molar-refractivity contribution in [2.75, 3.05) is 6.61 Å². The maximum Gasteiger partial charge on any atom is 0.407 e. The van der Waals surface area contributed by atoms with Crippen LogP contribution >= 0.6 is 0 Å². The fourth-order valence-corrected chi connectivity index (χ4v) is 4.47. The van der Waals surface area contributed by atoms with Gasteiger partial charge in [0.15, 0.2) is 6.04 Å². The Morgan fingerprint density at radius 2 is 1.37 bits per heavy atom. The van der Waals surface area contributed by atoms with E-state index < -0.39 is 30.1 Å². The van der Waals surface area contributed by atoms with Gasteiger partial charge in [0.25, 0.3) is 0 Å². The third kappa shape index (κ3) is 5.19. The maximum atomic E-state index is 13.0. The fourth-order valence-electron chi connectivity index (χ4n) is 4.47. The summed E-state index contributed by atoms with van der Waals surface area (Å²) in [6.07, 6.45) is -0.729. The van der Waals surface area contributed by atoms with Gasteiger partial charge in [-0.3, -0.25) is 4.79 Å². The Morgan fingerprint density at radius 3 is 1.91 bits per heavy atom. The summed E-state index contributed by atoms with van der Waals surface area (Å²) < 4.78 is 5.56. The van der Waals surface area contributed by atoms with Crippen molar-refractivity contribution >= 4 is 18.0 Å². The Labute approximate surface area is 204 Å². The van der Waals surface area contributed by atoms with Crippen LogP contribution in [0, 0.1) is 5.92 Å².